The molecule has 7 heteroatoms. The second-order valence-electron chi connectivity index (χ2n) is 7.66. The highest BCUT2D eigenvalue weighted by atomic mass is 16.2. The largest absolute Gasteiger partial charge is 0.332 e. The molecular formula is C25H31N5O2. The lowest BCUT2D eigenvalue weighted by atomic mass is 10.1. The first-order chi connectivity index (χ1) is 15.5. The molecule has 0 bridgehead atoms. The number of amides is 2. The first-order valence-electron chi connectivity index (χ1n) is 10.8. The van der Waals surface area contributed by atoms with Crippen LogP contribution in [0, 0.1) is 11.3 Å². The van der Waals surface area contributed by atoms with Gasteiger partial charge in [-0.2, -0.15) is 10.4 Å². The van der Waals surface area contributed by atoms with Crippen LogP contribution in [0.4, 0.5) is 0 Å². The number of aromatic nitrogens is 1. The zero-order valence-electron chi connectivity index (χ0n) is 18.9. The van der Waals surface area contributed by atoms with Gasteiger partial charge in [-0.1, -0.05) is 30.9 Å². The minimum Gasteiger partial charge on any atom is -0.332 e. The van der Waals surface area contributed by atoms with E-state index in [2.05, 4.69) is 16.7 Å². The standard InChI is InChI=1S/C16H20N4O2.C9H11N/c1-12-14(19-10-2-3-15(19)21)11-20(18-12)16(22)5-4-13-6-8-17-9-7-13;1-3-4-5-6-9(2)7-8-10/h6-9,14H,2-5,10-11H2,1H3;3-6H,2,7H2,1H3/b;4-3-,6-5-. The molecule has 1 saturated heterocycles. The summed E-state index contributed by atoms with van der Waals surface area (Å²) in [5.41, 5.74) is 2.79. The summed E-state index contributed by atoms with van der Waals surface area (Å²) in [6.07, 6.45) is 14.0. The van der Waals surface area contributed by atoms with Crippen LogP contribution in [0.5, 0.6) is 0 Å². The predicted octanol–water partition coefficient (Wildman–Crippen LogP) is 3.81. The van der Waals surface area contributed by atoms with Gasteiger partial charge in [0.2, 0.25) is 11.8 Å². The Morgan fingerprint density at radius 3 is 2.72 bits per heavy atom. The molecule has 168 valence electrons. The molecule has 2 amide bonds. The van der Waals surface area contributed by atoms with Gasteiger partial charge in [0.25, 0.3) is 0 Å². The minimum absolute atomic E-state index is 0.00491. The number of rotatable bonds is 7. The Hall–Kier alpha value is -3.53. The molecule has 0 radical (unpaired) electrons. The third-order valence-electron chi connectivity index (χ3n) is 5.20. The van der Waals surface area contributed by atoms with Crippen molar-refractivity contribution in [3.63, 3.8) is 0 Å². The molecule has 1 fully saturated rings. The molecule has 1 aromatic heterocycles. The minimum atomic E-state index is -0.0418. The van der Waals surface area contributed by atoms with Gasteiger partial charge >= 0.3 is 0 Å². The Bertz CT molecular complexity index is 927. The van der Waals surface area contributed by atoms with Crippen molar-refractivity contribution in [3.05, 3.63) is 66.5 Å². The fourth-order valence-electron chi connectivity index (χ4n) is 3.47. The van der Waals surface area contributed by atoms with Gasteiger partial charge in [-0.15, -0.1) is 0 Å². The number of aryl methyl sites for hydroxylation is 1. The molecular weight excluding hydrogens is 402 g/mol. The monoisotopic (exact) mass is 433 g/mol. The first kappa shape index (κ1) is 24.7. The predicted molar refractivity (Wildman–Crippen MR) is 125 cm³/mol. The van der Waals surface area contributed by atoms with E-state index >= 15 is 0 Å². The van der Waals surface area contributed by atoms with Gasteiger partial charge in [0.15, 0.2) is 0 Å². The van der Waals surface area contributed by atoms with Gasteiger partial charge in [0.05, 0.1) is 30.8 Å². The Balaban J connectivity index is 0.000000309. The van der Waals surface area contributed by atoms with Gasteiger partial charge in [-0.3, -0.25) is 14.6 Å². The summed E-state index contributed by atoms with van der Waals surface area (Å²) in [4.78, 5) is 30.0. The third kappa shape index (κ3) is 7.62. The Morgan fingerprint density at radius 2 is 2.09 bits per heavy atom. The fourth-order valence-corrected chi connectivity index (χ4v) is 3.47. The van der Waals surface area contributed by atoms with Gasteiger partial charge in [-0.05, 0) is 50.0 Å². The normalized spacial score (nSPS) is 18.0. The lowest BCUT2D eigenvalue weighted by molar-refractivity contribution is -0.133. The van der Waals surface area contributed by atoms with E-state index in [4.69, 9.17) is 5.26 Å². The molecule has 32 heavy (non-hydrogen) atoms. The molecule has 0 aromatic carbocycles. The van der Waals surface area contributed by atoms with Crippen molar-refractivity contribution in [2.75, 3.05) is 13.1 Å². The van der Waals surface area contributed by atoms with Crippen LogP contribution < -0.4 is 0 Å². The van der Waals surface area contributed by atoms with E-state index in [1.54, 1.807) is 12.4 Å². The molecule has 0 N–H and O–H groups in total. The maximum atomic E-state index is 12.3. The highest BCUT2D eigenvalue weighted by molar-refractivity contribution is 5.95. The SMILES string of the molecule is C=C(/C=C\C=C/C)CC#N.CC1=NN(C(=O)CCc2ccncc2)CC1N1CCCC1=O. The third-order valence-corrected chi connectivity index (χ3v) is 5.20. The van der Waals surface area contributed by atoms with Gasteiger partial charge in [0, 0.05) is 31.8 Å². The molecule has 7 nitrogen and oxygen atoms in total. The van der Waals surface area contributed by atoms with Gasteiger partial charge < -0.3 is 4.90 Å². The molecule has 0 saturated carbocycles. The number of likely N-dealkylation sites (tertiary alicyclic amines) is 1. The Labute approximate surface area is 190 Å². The summed E-state index contributed by atoms with van der Waals surface area (Å²) in [7, 11) is 0. The molecule has 0 spiro atoms. The van der Waals surface area contributed by atoms with E-state index < -0.39 is 0 Å². The van der Waals surface area contributed by atoms with Crippen molar-refractivity contribution in [2.24, 2.45) is 5.10 Å². The molecule has 1 unspecified atom stereocenters. The van der Waals surface area contributed by atoms with Crippen molar-refractivity contribution >= 4 is 17.5 Å². The molecule has 1 aromatic rings. The molecule has 0 aliphatic carbocycles. The number of hydrogen-bond acceptors (Lipinski definition) is 5. The number of carbonyl (C=O) groups is 2. The summed E-state index contributed by atoms with van der Waals surface area (Å²) < 4.78 is 0. The molecule has 1 atom stereocenters. The van der Waals surface area contributed by atoms with Crippen LogP contribution in [-0.4, -0.2) is 51.6 Å². The summed E-state index contributed by atoms with van der Waals surface area (Å²) in [5.74, 6) is 0.177. The number of nitriles is 1. The highest BCUT2D eigenvalue weighted by Gasteiger charge is 2.36. The fraction of sp³-hybridized carbons (Fsp3) is 0.400. The first-order valence-corrected chi connectivity index (χ1v) is 10.8. The molecule has 3 heterocycles. The highest BCUT2D eigenvalue weighted by Crippen LogP contribution is 2.20. The topological polar surface area (TPSA) is 89.7 Å². The van der Waals surface area contributed by atoms with Gasteiger partial charge in [0.1, 0.15) is 0 Å². The quantitative estimate of drug-likeness (QED) is 0.612. The van der Waals surface area contributed by atoms with Crippen molar-refractivity contribution in [1.82, 2.24) is 14.9 Å². The number of hydrazone groups is 1. The molecule has 3 rings (SSSR count). The van der Waals surface area contributed by atoms with E-state index in [0.717, 1.165) is 29.8 Å². The average molecular weight is 434 g/mol. The summed E-state index contributed by atoms with van der Waals surface area (Å²) >= 11 is 0. The van der Waals surface area contributed by atoms with E-state index in [1.165, 1.54) is 5.01 Å². The van der Waals surface area contributed by atoms with Crippen LogP contribution in [0.25, 0.3) is 0 Å². The lowest BCUT2D eigenvalue weighted by Crippen LogP contribution is -2.43. The van der Waals surface area contributed by atoms with E-state index in [0.29, 0.717) is 32.2 Å². The van der Waals surface area contributed by atoms with Crippen LogP contribution in [0.2, 0.25) is 0 Å². The van der Waals surface area contributed by atoms with Crippen LogP contribution in [-0.2, 0) is 16.0 Å². The lowest BCUT2D eigenvalue weighted by Gasteiger charge is -2.24. The summed E-state index contributed by atoms with van der Waals surface area (Å²) in [5, 5.41) is 14.1. The molecule has 2 aliphatic rings. The number of hydrogen-bond donors (Lipinski definition) is 0. The van der Waals surface area contributed by atoms with E-state index in [-0.39, 0.29) is 17.9 Å². The number of pyridine rings is 1. The zero-order chi connectivity index (χ0) is 23.3. The summed E-state index contributed by atoms with van der Waals surface area (Å²) in [6.45, 7) is 8.78. The van der Waals surface area contributed by atoms with Crippen molar-refractivity contribution < 1.29 is 9.59 Å². The van der Waals surface area contributed by atoms with Crippen molar-refractivity contribution in [2.45, 2.75) is 52.0 Å². The maximum Gasteiger partial charge on any atom is 0.243 e. The number of nitrogens with zero attached hydrogens (tertiary/aromatic N) is 5. The van der Waals surface area contributed by atoms with Crippen LogP contribution in [0.15, 0.2) is 66.1 Å². The van der Waals surface area contributed by atoms with Crippen LogP contribution in [0.3, 0.4) is 0 Å². The maximum absolute atomic E-state index is 12.3. The van der Waals surface area contributed by atoms with E-state index in [1.807, 2.05) is 61.3 Å². The van der Waals surface area contributed by atoms with E-state index in [9.17, 15) is 9.59 Å². The second kappa shape index (κ2) is 13.0. The van der Waals surface area contributed by atoms with Crippen molar-refractivity contribution in [3.8, 4) is 6.07 Å². The second-order valence-corrected chi connectivity index (χ2v) is 7.66. The zero-order valence-corrected chi connectivity index (χ0v) is 18.9. The summed E-state index contributed by atoms with van der Waals surface area (Å²) in [6, 6.07) is 5.81. The number of allylic oxidation sites excluding steroid dienone is 5. The Morgan fingerprint density at radius 1 is 1.34 bits per heavy atom. The molecule has 2 aliphatic heterocycles. The average Bonchev–Trinajstić information content (AvgIpc) is 3.38. The number of carbonyl (C=O) groups excluding carboxylic acids is 2. The Kier molecular flexibility index (Phi) is 10.1. The van der Waals surface area contributed by atoms with Crippen LogP contribution >= 0.6 is 0 Å². The van der Waals surface area contributed by atoms with Crippen LogP contribution in [0.1, 0.15) is 45.1 Å². The van der Waals surface area contributed by atoms with Crippen molar-refractivity contribution in [1.29, 1.82) is 5.26 Å². The smallest absolute Gasteiger partial charge is 0.243 e. The van der Waals surface area contributed by atoms with Gasteiger partial charge in [-0.25, -0.2) is 5.01 Å².